The van der Waals surface area contributed by atoms with Gasteiger partial charge in [-0.15, -0.1) is 0 Å². The van der Waals surface area contributed by atoms with Crippen molar-refractivity contribution in [3.05, 3.63) is 72.1 Å². The van der Waals surface area contributed by atoms with Crippen molar-refractivity contribution in [2.75, 3.05) is 45.1 Å². The summed E-state index contributed by atoms with van der Waals surface area (Å²) in [5.74, 6) is -0.755. The number of anilines is 1. The quantitative estimate of drug-likeness (QED) is 0.402. The molecular weight excluding hydrogens is 426 g/mol. The lowest BCUT2D eigenvalue weighted by molar-refractivity contribution is -0.123. The third kappa shape index (κ3) is 4.62. The maximum Gasteiger partial charge on any atom is 0.275 e. The maximum absolute atomic E-state index is 12.8. The SMILES string of the molecule is CN1CCN(CCCCn2cc(C3=C(Nc4ccccc4)C(=O)NC3=O)c3ccccc32)CC1. The number of benzene rings is 2. The first-order chi connectivity index (χ1) is 16.6. The molecule has 7 nitrogen and oxygen atoms in total. The van der Waals surface area contributed by atoms with Gasteiger partial charge in [0, 0.05) is 61.1 Å². The second-order valence-corrected chi connectivity index (χ2v) is 9.13. The second-order valence-electron chi connectivity index (χ2n) is 9.13. The van der Waals surface area contributed by atoms with Crippen LogP contribution in [0, 0.1) is 0 Å². The fraction of sp³-hybridized carbons (Fsp3) is 0.333. The highest BCUT2D eigenvalue weighted by atomic mass is 16.2. The van der Waals surface area contributed by atoms with E-state index in [0.29, 0.717) is 11.3 Å². The maximum atomic E-state index is 12.8. The molecule has 1 saturated heterocycles. The molecule has 2 N–H and O–H groups in total. The molecule has 0 radical (unpaired) electrons. The average Bonchev–Trinajstić information content (AvgIpc) is 3.34. The predicted molar refractivity (Wildman–Crippen MR) is 135 cm³/mol. The Morgan fingerprint density at radius 3 is 2.35 bits per heavy atom. The van der Waals surface area contributed by atoms with Gasteiger partial charge in [0.05, 0.1) is 5.57 Å². The van der Waals surface area contributed by atoms with Crippen molar-refractivity contribution in [2.45, 2.75) is 19.4 Å². The number of unbranched alkanes of at least 4 members (excludes halogenated alkanes) is 1. The zero-order valence-corrected chi connectivity index (χ0v) is 19.6. The van der Waals surface area contributed by atoms with Crippen molar-refractivity contribution >= 4 is 34.0 Å². The molecular formula is C27H31N5O2. The van der Waals surface area contributed by atoms with Gasteiger partial charge in [0.1, 0.15) is 5.70 Å². The van der Waals surface area contributed by atoms with Gasteiger partial charge in [-0.1, -0.05) is 36.4 Å². The highest BCUT2D eigenvalue weighted by Crippen LogP contribution is 2.32. The zero-order valence-electron chi connectivity index (χ0n) is 19.6. The number of rotatable bonds is 8. The van der Waals surface area contributed by atoms with Crippen LogP contribution in [0.25, 0.3) is 16.5 Å². The number of fused-ring (bicyclic) bond motifs is 1. The Balaban J connectivity index is 1.38. The van der Waals surface area contributed by atoms with Crippen molar-refractivity contribution in [3.8, 4) is 0 Å². The van der Waals surface area contributed by atoms with Crippen LogP contribution in [-0.2, 0) is 16.1 Å². The van der Waals surface area contributed by atoms with E-state index in [0.717, 1.165) is 74.3 Å². The van der Waals surface area contributed by atoms with Crippen LogP contribution >= 0.6 is 0 Å². The molecule has 0 aliphatic carbocycles. The minimum Gasteiger partial charge on any atom is -0.350 e. The van der Waals surface area contributed by atoms with Gasteiger partial charge in [0.2, 0.25) is 0 Å². The van der Waals surface area contributed by atoms with E-state index in [1.807, 2.05) is 54.7 Å². The van der Waals surface area contributed by atoms with E-state index in [1.54, 1.807) is 0 Å². The van der Waals surface area contributed by atoms with E-state index in [9.17, 15) is 9.59 Å². The van der Waals surface area contributed by atoms with Crippen LogP contribution in [0.2, 0.25) is 0 Å². The van der Waals surface area contributed by atoms with Crippen LogP contribution in [0.15, 0.2) is 66.5 Å². The van der Waals surface area contributed by atoms with Crippen LogP contribution in [0.3, 0.4) is 0 Å². The largest absolute Gasteiger partial charge is 0.350 e. The Morgan fingerprint density at radius 1 is 0.853 bits per heavy atom. The Labute approximate surface area is 200 Å². The van der Waals surface area contributed by atoms with Gasteiger partial charge in [0.25, 0.3) is 11.8 Å². The Hall–Kier alpha value is -3.42. The molecule has 3 heterocycles. The van der Waals surface area contributed by atoms with E-state index in [4.69, 9.17) is 0 Å². The topological polar surface area (TPSA) is 69.6 Å². The molecule has 1 fully saturated rings. The molecule has 2 aliphatic rings. The Bertz CT molecular complexity index is 1220. The van der Waals surface area contributed by atoms with Gasteiger partial charge < -0.3 is 19.7 Å². The van der Waals surface area contributed by atoms with Gasteiger partial charge in [0.15, 0.2) is 0 Å². The van der Waals surface area contributed by atoms with Crippen LogP contribution in [-0.4, -0.2) is 66.0 Å². The van der Waals surface area contributed by atoms with Crippen molar-refractivity contribution in [1.29, 1.82) is 0 Å². The van der Waals surface area contributed by atoms with Gasteiger partial charge >= 0.3 is 0 Å². The van der Waals surface area contributed by atoms with Crippen molar-refractivity contribution in [1.82, 2.24) is 19.7 Å². The predicted octanol–water partition coefficient (Wildman–Crippen LogP) is 3.15. The number of nitrogens with zero attached hydrogens (tertiary/aromatic N) is 3. The standard InChI is InChI=1S/C27H31N5O2/c1-30-15-17-31(18-16-30)13-7-8-14-32-19-22(21-11-5-6-12-23(21)32)24-25(27(34)29-26(24)33)28-20-9-3-2-4-10-20/h2-6,9-12,19H,7-8,13-18H2,1H3,(H2,28,29,33,34). The summed E-state index contributed by atoms with van der Waals surface area (Å²) in [5, 5.41) is 6.61. The summed E-state index contributed by atoms with van der Waals surface area (Å²) in [6.45, 7) is 6.55. The van der Waals surface area contributed by atoms with Crippen molar-refractivity contribution in [3.63, 3.8) is 0 Å². The molecule has 0 atom stereocenters. The molecule has 2 aliphatic heterocycles. The molecule has 0 bridgehead atoms. The molecule has 1 aromatic heterocycles. The number of piperazine rings is 1. The van der Waals surface area contributed by atoms with E-state index < -0.39 is 5.91 Å². The van der Waals surface area contributed by atoms with E-state index in [-0.39, 0.29) is 5.91 Å². The molecule has 7 heteroatoms. The number of para-hydroxylation sites is 2. The highest BCUT2D eigenvalue weighted by molar-refractivity contribution is 6.38. The number of amides is 2. The van der Waals surface area contributed by atoms with Crippen molar-refractivity contribution < 1.29 is 9.59 Å². The highest BCUT2D eigenvalue weighted by Gasteiger charge is 2.33. The Kier molecular flexibility index (Phi) is 6.47. The number of aryl methyl sites for hydroxylation is 1. The molecule has 2 aromatic carbocycles. The number of carbonyl (C=O) groups is 2. The third-order valence-corrected chi connectivity index (χ3v) is 6.75. The first kappa shape index (κ1) is 22.4. The number of imide groups is 1. The first-order valence-corrected chi connectivity index (χ1v) is 12.0. The fourth-order valence-corrected chi connectivity index (χ4v) is 4.82. The lowest BCUT2D eigenvalue weighted by atomic mass is 10.0. The first-order valence-electron chi connectivity index (χ1n) is 12.0. The van der Waals surface area contributed by atoms with Crippen LogP contribution in [0.1, 0.15) is 18.4 Å². The molecule has 0 spiro atoms. The van der Waals surface area contributed by atoms with Crippen LogP contribution in [0.5, 0.6) is 0 Å². The summed E-state index contributed by atoms with van der Waals surface area (Å²) in [5.41, 5.74) is 3.34. The molecule has 5 rings (SSSR count). The lowest BCUT2D eigenvalue weighted by Gasteiger charge is -2.32. The van der Waals surface area contributed by atoms with Gasteiger partial charge in [-0.25, -0.2) is 0 Å². The summed E-state index contributed by atoms with van der Waals surface area (Å²) < 4.78 is 2.22. The molecule has 0 saturated carbocycles. The number of carbonyl (C=O) groups excluding carboxylic acids is 2. The molecule has 176 valence electrons. The van der Waals surface area contributed by atoms with Crippen LogP contribution < -0.4 is 10.6 Å². The third-order valence-electron chi connectivity index (χ3n) is 6.75. The molecule has 3 aromatic rings. The average molecular weight is 458 g/mol. The monoisotopic (exact) mass is 457 g/mol. The van der Waals surface area contributed by atoms with E-state index in [1.165, 1.54) is 0 Å². The number of likely N-dealkylation sites (N-methyl/N-ethyl adjacent to an activating group) is 1. The van der Waals surface area contributed by atoms with Gasteiger partial charge in [-0.05, 0) is 44.6 Å². The lowest BCUT2D eigenvalue weighted by Crippen LogP contribution is -2.44. The smallest absolute Gasteiger partial charge is 0.275 e. The summed E-state index contributed by atoms with van der Waals surface area (Å²) in [4.78, 5) is 30.4. The normalized spacial score (nSPS) is 17.6. The van der Waals surface area contributed by atoms with E-state index in [2.05, 4.69) is 38.1 Å². The Morgan fingerprint density at radius 2 is 1.56 bits per heavy atom. The summed E-state index contributed by atoms with van der Waals surface area (Å²) in [7, 11) is 2.18. The minimum atomic E-state index is -0.395. The number of hydrogen-bond donors (Lipinski definition) is 2. The number of nitrogens with one attached hydrogen (secondary N) is 2. The second kappa shape index (κ2) is 9.83. The van der Waals surface area contributed by atoms with Gasteiger partial charge in [-0.3, -0.25) is 14.9 Å². The van der Waals surface area contributed by atoms with E-state index >= 15 is 0 Å². The molecule has 2 amide bonds. The molecule has 34 heavy (non-hydrogen) atoms. The zero-order chi connectivity index (χ0) is 23.5. The summed E-state index contributed by atoms with van der Waals surface area (Å²) >= 11 is 0. The fourth-order valence-electron chi connectivity index (χ4n) is 4.82. The molecule has 0 unspecified atom stereocenters. The number of aromatic nitrogens is 1. The van der Waals surface area contributed by atoms with Crippen molar-refractivity contribution in [2.24, 2.45) is 0 Å². The van der Waals surface area contributed by atoms with Crippen LogP contribution in [0.4, 0.5) is 5.69 Å². The van der Waals surface area contributed by atoms with Gasteiger partial charge in [-0.2, -0.15) is 0 Å². The number of hydrogen-bond acceptors (Lipinski definition) is 5. The summed E-state index contributed by atoms with van der Waals surface area (Å²) in [6, 6.07) is 17.6. The minimum absolute atomic E-state index is 0.300. The summed E-state index contributed by atoms with van der Waals surface area (Å²) in [6.07, 6.45) is 4.22.